The van der Waals surface area contributed by atoms with Gasteiger partial charge in [-0.25, -0.2) is 4.98 Å². The second kappa shape index (κ2) is 6.79. The van der Waals surface area contributed by atoms with E-state index in [1.54, 1.807) is 20.2 Å². The Balaban J connectivity index is 2.08. The van der Waals surface area contributed by atoms with Crippen molar-refractivity contribution in [2.24, 2.45) is 0 Å². The summed E-state index contributed by atoms with van der Waals surface area (Å²) in [7, 11) is 1.57. The molecule has 2 heterocycles. The molecule has 0 bridgehead atoms. The summed E-state index contributed by atoms with van der Waals surface area (Å²) < 4.78 is 6.81. The summed E-state index contributed by atoms with van der Waals surface area (Å²) in [5.74, 6) is 0.384. The Bertz CT molecular complexity index is 684. The van der Waals surface area contributed by atoms with Crippen LogP contribution >= 0.6 is 11.6 Å². The van der Waals surface area contributed by atoms with Gasteiger partial charge < -0.3 is 10.1 Å². The van der Waals surface area contributed by atoms with E-state index in [-0.39, 0.29) is 5.91 Å². The van der Waals surface area contributed by atoms with E-state index in [0.717, 1.165) is 16.8 Å². The minimum Gasteiger partial charge on any atom is -0.481 e. The van der Waals surface area contributed by atoms with E-state index in [0.29, 0.717) is 17.4 Å². The molecule has 0 fully saturated rings. The van der Waals surface area contributed by atoms with Crippen LogP contribution in [0, 0.1) is 13.8 Å². The van der Waals surface area contributed by atoms with Gasteiger partial charge >= 0.3 is 0 Å². The molecule has 1 N–H and O–H groups in total. The van der Waals surface area contributed by atoms with Gasteiger partial charge in [-0.3, -0.25) is 9.48 Å². The number of pyridine rings is 1. The van der Waals surface area contributed by atoms with Crippen molar-refractivity contribution in [2.45, 2.75) is 33.4 Å². The predicted molar refractivity (Wildman–Crippen MR) is 84.1 cm³/mol. The van der Waals surface area contributed by atoms with E-state index in [1.807, 2.05) is 19.9 Å². The van der Waals surface area contributed by atoms with Gasteiger partial charge in [0.05, 0.1) is 18.3 Å². The average Bonchev–Trinajstić information content (AvgIpc) is 2.90. The minimum absolute atomic E-state index is 0.151. The maximum atomic E-state index is 12.2. The number of aryl methyl sites for hydroxylation is 2. The fraction of sp³-hybridized carbons (Fsp3) is 0.400. The zero-order valence-corrected chi connectivity index (χ0v) is 13.8. The highest BCUT2D eigenvalue weighted by Gasteiger charge is 2.17. The average molecular weight is 323 g/mol. The Kier molecular flexibility index (Phi) is 5.03. The van der Waals surface area contributed by atoms with E-state index in [4.69, 9.17) is 16.3 Å². The molecular weight excluding hydrogens is 304 g/mol. The lowest BCUT2D eigenvalue weighted by molar-refractivity contribution is -0.124. The van der Waals surface area contributed by atoms with Gasteiger partial charge in [-0.15, -0.1) is 0 Å². The van der Waals surface area contributed by atoms with Crippen LogP contribution in [0.5, 0.6) is 5.88 Å². The molecule has 0 unspecified atom stereocenters. The van der Waals surface area contributed by atoms with Gasteiger partial charge in [-0.2, -0.15) is 5.10 Å². The van der Waals surface area contributed by atoms with Gasteiger partial charge in [0.25, 0.3) is 0 Å². The highest BCUT2D eigenvalue weighted by molar-refractivity contribution is 6.30. The van der Waals surface area contributed by atoms with Crippen LogP contribution in [0.4, 0.5) is 0 Å². The number of ether oxygens (including phenoxy) is 1. The molecule has 0 saturated heterocycles. The van der Waals surface area contributed by atoms with Gasteiger partial charge in [-0.05, 0) is 32.4 Å². The Morgan fingerprint density at radius 3 is 2.82 bits per heavy atom. The number of halogens is 1. The van der Waals surface area contributed by atoms with Crippen molar-refractivity contribution in [2.75, 3.05) is 7.11 Å². The molecule has 2 rings (SSSR count). The first kappa shape index (κ1) is 16.3. The molecule has 0 aliphatic carbocycles. The second-order valence-electron chi connectivity index (χ2n) is 5.10. The Labute approximate surface area is 134 Å². The first-order chi connectivity index (χ1) is 10.4. The molecule has 0 aliphatic rings. The lowest BCUT2D eigenvalue weighted by Gasteiger charge is -2.15. The van der Waals surface area contributed by atoms with Crippen molar-refractivity contribution >= 4 is 17.5 Å². The van der Waals surface area contributed by atoms with E-state index < -0.39 is 6.04 Å². The summed E-state index contributed by atoms with van der Waals surface area (Å²) in [5.41, 5.74) is 2.77. The van der Waals surface area contributed by atoms with Gasteiger partial charge in [0.2, 0.25) is 11.8 Å². The number of carbonyl (C=O) groups excluding carboxylic acids is 1. The highest BCUT2D eigenvalue weighted by Crippen LogP contribution is 2.20. The topological polar surface area (TPSA) is 69.0 Å². The van der Waals surface area contributed by atoms with E-state index in [2.05, 4.69) is 15.4 Å². The molecule has 0 saturated carbocycles. The highest BCUT2D eigenvalue weighted by atomic mass is 35.5. The number of aromatic nitrogens is 3. The van der Waals surface area contributed by atoms with Crippen LogP contribution in [0.3, 0.4) is 0 Å². The maximum absolute atomic E-state index is 12.2. The molecule has 2 aromatic rings. The SMILES string of the molecule is COc1nc(C)cc(C)c1CNC(=O)[C@@H](C)n1cc(Cl)cn1. The normalized spacial score (nSPS) is 12.0. The largest absolute Gasteiger partial charge is 0.481 e. The Hall–Kier alpha value is -2.08. The van der Waals surface area contributed by atoms with Gasteiger partial charge in [-0.1, -0.05) is 11.6 Å². The fourth-order valence-electron chi connectivity index (χ4n) is 2.18. The summed E-state index contributed by atoms with van der Waals surface area (Å²) in [5, 5.41) is 7.42. The van der Waals surface area contributed by atoms with Crippen LogP contribution in [-0.4, -0.2) is 27.8 Å². The number of hydrogen-bond acceptors (Lipinski definition) is 4. The first-order valence-corrected chi connectivity index (χ1v) is 7.28. The number of amides is 1. The predicted octanol–water partition coefficient (Wildman–Crippen LogP) is 2.43. The number of hydrogen-bond donors (Lipinski definition) is 1. The van der Waals surface area contributed by atoms with Crippen LogP contribution in [0.25, 0.3) is 0 Å². The molecule has 0 spiro atoms. The van der Waals surface area contributed by atoms with Crippen molar-refractivity contribution in [3.05, 3.63) is 40.3 Å². The summed E-state index contributed by atoms with van der Waals surface area (Å²) in [4.78, 5) is 16.6. The quantitative estimate of drug-likeness (QED) is 0.918. The number of nitrogens with zero attached hydrogens (tertiary/aromatic N) is 3. The third-order valence-electron chi connectivity index (χ3n) is 3.42. The van der Waals surface area contributed by atoms with Crippen LogP contribution in [0.2, 0.25) is 5.02 Å². The fourth-order valence-corrected chi connectivity index (χ4v) is 2.33. The molecular formula is C15H19ClN4O2. The first-order valence-electron chi connectivity index (χ1n) is 6.91. The minimum atomic E-state index is -0.447. The van der Waals surface area contributed by atoms with E-state index in [1.165, 1.54) is 10.9 Å². The number of carbonyl (C=O) groups is 1. The molecule has 0 aromatic carbocycles. The lowest BCUT2D eigenvalue weighted by atomic mass is 10.1. The third kappa shape index (κ3) is 3.57. The van der Waals surface area contributed by atoms with Gasteiger partial charge in [0.1, 0.15) is 6.04 Å². The standard InChI is InChI=1S/C15H19ClN4O2/c1-9-5-10(2)19-15(22-4)13(9)7-17-14(21)11(3)20-8-12(16)6-18-20/h5-6,8,11H,7H2,1-4H3,(H,17,21)/t11-/m1/s1. The number of nitrogens with one attached hydrogen (secondary N) is 1. The number of methoxy groups -OCH3 is 1. The van der Waals surface area contributed by atoms with Crippen LogP contribution < -0.4 is 10.1 Å². The summed E-state index contributed by atoms with van der Waals surface area (Å²) in [6, 6.07) is 1.51. The van der Waals surface area contributed by atoms with Gasteiger partial charge in [0.15, 0.2) is 0 Å². The lowest BCUT2D eigenvalue weighted by Crippen LogP contribution is -2.31. The van der Waals surface area contributed by atoms with Crippen molar-refractivity contribution < 1.29 is 9.53 Å². The number of rotatable bonds is 5. The molecule has 118 valence electrons. The molecule has 7 heteroatoms. The molecule has 0 aliphatic heterocycles. The van der Waals surface area contributed by atoms with Gasteiger partial charge in [0, 0.05) is 24.0 Å². The molecule has 22 heavy (non-hydrogen) atoms. The van der Waals surface area contributed by atoms with Crippen LogP contribution in [0.15, 0.2) is 18.5 Å². The Morgan fingerprint density at radius 1 is 1.50 bits per heavy atom. The zero-order valence-electron chi connectivity index (χ0n) is 13.1. The smallest absolute Gasteiger partial charge is 0.244 e. The summed E-state index contributed by atoms with van der Waals surface area (Å²) in [6.45, 7) is 5.98. The van der Waals surface area contributed by atoms with Crippen molar-refractivity contribution in [1.82, 2.24) is 20.1 Å². The zero-order chi connectivity index (χ0) is 16.3. The van der Waals surface area contributed by atoms with E-state index in [9.17, 15) is 4.79 Å². The molecule has 6 nitrogen and oxygen atoms in total. The summed E-state index contributed by atoms with van der Waals surface area (Å²) in [6.07, 6.45) is 3.12. The van der Waals surface area contributed by atoms with Crippen molar-refractivity contribution in [3.63, 3.8) is 0 Å². The third-order valence-corrected chi connectivity index (χ3v) is 3.61. The Morgan fingerprint density at radius 2 is 2.23 bits per heavy atom. The molecule has 2 aromatic heterocycles. The van der Waals surface area contributed by atoms with Crippen LogP contribution in [-0.2, 0) is 11.3 Å². The van der Waals surface area contributed by atoms with Crippen molar-refractivity contribution in [3.8, 4) is 5.88 Å². The molecule has 1 amide bonds. The van der Waals surface area contributed by atoms with Crippen molar-refractivity contribution in [1.29, 1.82) is 0 Å². The monoisotopic (exact) mass is 322 g/mol. The van der Waals surface area contributed by atoms with E-state index >= 15 is 0 Å². The molecule has 1 atom stereocenters. The summed E-state index contributed by atoms with van der Waals surface area (Å²) >= 11 is 5.82. The van der Waals surface area contributed by atoms with Crippen LogP contribution in [0.1, 0.15) is 29.8 Å². The second-order valence-corrected chi connectivity index (χ2v) is 5.54. The maximum Gasteiger partial charge on any atom is 0.244 e. The molecule has 0 radical (unpaired) electrons.